The topological polar surface area (TPSA) is 71.1 Å². The van der Waals surface area contributed by atoms with Crippen LogP contribution < -0.4 is 10.6 Å². The van der Waals surface area contributed by atoms with Crippen LogP contribution in [0.4, 0.5) is 0 Å². The maximum atomic E-state index is 12.2. The standard InChI is InChI=1S/C17H16ClN3O2/c18-14-3-1-11(2-4-14)8-20-16(22)12-7-13(10-19-9-12)17(23)21-15-5-6-15/h1-4,7,9-10,15H,5-6,8H2,(H,20,22)(H,21,23). The van der Waals surface area contributed by atoms with Crippen molar-refractivity contribution in [2.45, 2.75) is 25.4 Å². The van der Waals surface area contributed by atoms with E-state index in [2.05, 4.69) is 15.6 Å². The first-order valence-electron chi connectivity index (χ1n) is 7.40. The van der Waals surface area contributed by atoms with E-state index in [1.165, 1.54) is 12.4 Å². The summed E-state index contributed by atoms with van der Waals surface area (Å²) in [5, 5.41) is 6.33. The summed E-state index contributed by atoms with van der Waals surface area (Å²) in [6, 6.07) is 9.06. The first kappa shape index (κ1) is 15.5. The molecule has 2 N–H and O–H groups in total. The summed E-state index contributed by atoms with van der Waals surface area (Å²) in [7, 11) is 0. The number of benzene rings is 1. The predicted molar refractivity (Wildman–Crippen MR) is 87.3 cm³/mol. The number of nitrogens with one attached hydrogen (secondary N) is 2. The van der Waals surface area contributed by atoms with Gasteiger partial charge in [0.25, 0.3) is 11.8 Å². The van der Waals surface area contributed by atoms with Gasteiger partial charge in [-0.3, -0.25) is 14.6 Å². The van der Waals surface area contributed by atoms with Crippen molar-refractivity contribution in [1.29, 1.82) is 0 Å². The maximum Gasteiger partial charge on any atom is 0.253 e. The van der Waals surface area contributed by atoms with Gasteiger partial charge >= 0.3 is 0 Å². The molecule has 6 heteroatoms. The number of rotatable bonds is 5. The summed E-state index contributed by atoms with van der Waals surface area (Å²) in [6.07, 6.45) is 4.94. The Bertz CT molecular complexity index is 727. The van der Waals surface area contributed by atoms with Gasteiger partial charge < -0.3 is 10.6 Å². The number of aromatic nitrogens is 1. The molecule has 5 nitrogen and oxygen atoms in total. The van der Waals surface area contributed by atoms with Gasteiger partial charge in [-0.05, 0) is 36.6 Å². The predicted octanol–water partition coefficient (Wildman–Crippen LogP) is 2.56. The van der Waals surface area contributed by atoms with Crippen LogP contribution in [0.25, 0.3) is 0 Å². The number of nitrogens with zero attached hydrogens (tertiary/aromatic N) is 1. The van der Waals surface area contributed by atoms with Crippen LogP contribution in [0.2, 0.25) is 5.02 Å². The van der Waals surface area contributed by atoms with Crippen LogP contribution in [0.15, 0.2) is 42.7 Å². The van der Waals surface area contributed by atoms with Gasteiger partial charge in [0.05, 0.1) is 11.1 Å². The van der Waals surface area contributed by atoms with Gasteiger partial charge in [0.15, 0.2) is 0 Å². The van der Waals surface area contributed by atoms with E-state index < -0.39 is 0 Å². The Hall–Kier alpha value is -2.40. The summed E-state index contributed by atoms with van der Waals surface area (Å²) in [6.45, 7) is 0.383. The third-order valence-electron chi connectivity index (χ3n) is 3.54. The number of carbonyl (C=O) groups excluding carboxylic acids is 2. The molecule has 1 aliphatic carbocycles. The van der Waals surface area contributed by atoms with Crippen molar-refractivity contribution >= 4 is 23.4 Å². The number of carbonyl (C=O) groups is 2. The van der Waals surface area contributed by atoms with E-state index in [4.69, 9.17) is 11.6 Å². The largest absolute Gasteiger partial charge is 0.349 e. The van der Waals surface area contributed by atoms with Gasteiger partial charge in [-0.15, -0.1) is 0 Å². The third kappa shape index (κ3) is 4.29. The second-order valence-corrected chi connectivity index (χ2v) is 5.96. The number of pyridine rings is 1. The number of hydrogen-bond acceptors (Lipinski definition) is 3. The normalized spacial score (nSPS) is 13.4. The van der Waals surface area contributed by atoms with Crippen molar-refractivity contribution in [2.24, 2.45) is 0 Å². The van der Waals surface area contributed by atoms with E-state index in [0.29, 0.717) is 22.7 Å². The summed E-state index contributed by atoms with van der Waals surface area (Å²) in [5.41, 5.74) is 1.71. The molecule has 1 saturated carbocycles. The molecule has 0 spiro atoms. The Morgan fingerprint density at radius 3 is 2.39 bits per heavy atom. The zero-order chi connectivity index (χ0) is 16.2. The average Bonchev–Trinajstić information content (AvgIpc) is 3.38. The van der Waals surface area contributed by atoms with Crippen molar-refractivity contribution in [1.82, 2.24) is 15.6 Å². The second-order valence-electron chi connectivity index (χ2n) is 5.52. The minimum absolute atomic E-state index is 0.188. The molecule has 0 atom stereocenters. The van der Waals surface area contributed by atoms with Crippen LogP contribution in [-0.4, -0.2) is 22.8 Å². The first-order chi connectivity index (χ1) is 11.1. The van der Waals surface area contributed by atoms with E-state index >= 15 is 0 Å². The fourth-order valence-electron chi connectivity index (χ4n) is 2.07. The van der Waals surface area contributed by atoms with E-state index in [9.17, 15) is 9.59 Å². The SMILES string of the molecule is O=C(NCc1ccc(Cl)cc1)c1cncc(C(=O)NC2CC2)c1. The number of hydrogen-bond donors (Lipinski definition) is 2. The van der Waals surface area contributed by atoms with E-state index in [0.717, 1.165) is 18.4 Å². The molecule has 23 heavy (non-hydrogen) atoms. The Labute approximate surface area is 139 Å². The molecule has 1 fully saturated rings. The van der Waals surface area contributed by atoms with Crippen molar-refractivity contribution in [2.75, 3.05) is 0 Å². The Morgan fingerprint density at radius 1 is 1.09 bits per heavy atom. The van der Waals surface area contributed by atoms with Gasteiger partial charge in [-0.2, -0.15) is 0 Å². The molecular weight excluding hydrogens is 314 g/mol. The van der Waals surface area contributed by atoms with Crippen LogP contribution in [0, 0.1) is 0 Å². The lowest BCUT2D eigenvalue weighted by molar-refractivity contribution is 0.0950. The molecular formula is C17H16ClN3O2. The Morgan fingerprint density at radius 2 is 1.74 bits per heavy atom. The Kier molecular flexibility index (Phi) is 4.57. The molecule has 1 aromatic heterocycles. The van der Waals surface area contributed by atoms with Crippen LogP contribution in [0.3, 0.4) is 0 Å². The second kappa shape index (κ2) is 6.79. The summed E-state index contributed by atoms with van der Waals surface area (Å²) in [4.78, 5) is 28.2. The minimum Gasteiger partial charge on any atom is -0.349 e. The first-order valence-corrected chi connectivity index (χ1v) is 7.78. The fourth-order valence-corrected chi connectivity index (χ4v) is 2.20. The van der Waals surface area contributed by atoms with Crippen LogP contribution in [-0.2, 0) is 6.54 Å². The lowest BCUT2D eigenvalue weighted by atomic mass is 10.1. The molecule has 0 radical (unpaired) electrons. The number of halogens is 1. The fraction of sp³-hybridized carbons (Fsp3) is 0.235. The van der Waals surface area contributed by atoms with Crippen molar-refractivity contribution in [3.63, 3.8) is 0 Å². The smallest absolute Gasteiger partial charge is 0.253 e. The van der Waals surface area contributed by atoms with Crippen LogP contribution >= 0.6 is 11.6 Å². The molecule has 1 aromatic carbocycles. The van der Waals surface area contributed by atoms with Gasteiger partial charge in [0, 0.05) is 30.0 Å². The van der Waals surface area contributed by atoms with Gasteiger partial charge in [-0.1, -0.05) is 23.7 Å². The minimum atomic E-state index is -0.270. The summed E-state index contributed by atoms with van der Waals surface area (Å²) < 4.78 is 0. The summed E-state index contributed by atoms with van der Waals surface area (Å²) >= 11 is 5.82. The van der Waals surface area contributed by atoms with E-state index in [1.807, 2.05) is 12.1 Å². The maximum absolute atomic E-state index is 12.2. The van der Waals surface area contributed by atoms with Crippen molar-refractivity contribution in [3.8, 4) is 0 Å². The monoisotopic (exact) mass is 329 g/mol. The average molecular weight is 330 g/mol. The van der Waals surface area contributed by atoms with Crippen molar-refractivity contribution in [3.05, 3.63) is 64.4 Å². The molecule has 3 rings (SSSR count). The van der Waals surface area contributed by atoms with Gasteiger partial charge in [0.1, 0.15) is 0 Å². The zero-order valence-electron chi connectivity index (χ0n) is 12.4. The quantitative estimate of drug-likeness (QED) is 0.885. The van der Waals surface area contributed by atoms with Gasteiger partial charge in [-0.25, -0.2) is 0 Å². The molecule has 2 aromatic rings. The highest BCUT2D eigenvalue weighted by Gasteiger charge is 2.24. The molecule has 2 amide bonds. The van der Waals surface area contributed by atoms with Crippen LogP contribution in [0.5, 0.6) is 0 Å². The third-order valence-corrected chi connectivity index (χ3v) is 3.79. The lowest BCUT2D eigenvalue weighted by Gasteiger charge is -2.07. The zero-order valence-corrected chi connectivity index (χ0v) is 13.1. The van der Waals surface area contributed by atoms with E-state index in [1.54, 1.807) is 18.2 Å². The Balaban J connectivity index is 1.62. The highest BCUT2D eigenvalue weighted by molar-refractivity contribution is 6.30. The molecule has 0 aliphatic heterocycles. The highest BCUT2D eigenvalue weighted by Crippen LogP contribution is 2.19. The molecule has 0 bridgehead atoms. The molecule has 0 unspecified atom stereocenters. The summed E-state index contributed by atoms with van der Waals surface area (Å²) in [5.74, 6) is -0.458. The lowest BCUT2D eigenvalue weighted by Crippen LogP contribution is -2.27. The van der Waals surface area contributed by atoms with Crippen molar-refractivity contribution < 1.29 is 9.59 Å². The number of amides is 2. The van der Waals surface area contributed by atoms with E-state index in [-0.39, 0.29) is 17.9 Å². The van der Waals surface area contributed by atoms with Gasteiger partial charge in [0.2, 0.25) is 0 Å². The molecule has 1 aliphatic rings. The molecule has 0 saturated heterocycles. The molecule has 1 heterocycles. The highest BCUT2D eigenvalue weighted by atomic mass is 35.5. The van der Waals surface area contributed by atoms with Crippen LogP contribution in [0.1, 0.15) is 39.1 Å². The molecule has 118 valence electrons.